The van der Waals surface area contributed by atoms with Crippen LogP contribution in [0.4, 0.5) is 5.69 Å². The van der Waals surface area contributed by atoms with Crippen LogP contribution in [0.2, 0.25) is 0 Å². The third-order valence-corrected chi connectivity index (χ3v) is 2.26. The van der Waals surface area contributed by atoms with Gasteiger partial charge in [-0.05, 0) is 24.5 Å². The topological polar surface area (TPSA) is 73.5 Å². The van der Waals surface area contributed by atoms with Gasteiger partial charge in [0.1, 0.15) is 5.69 Å². The fourth-order valence-corrected chi connectivity index (χ4v) is 1.46. The molecule has 0 aliphatic heterocycles. The van der Waals surface area contributed by atoms with E-state index in [2.05, 4.69) is 12.0 Å². The van der Waals surface area contributed by atoms with Crippen molar-refractivity contribution < 1.29 is 9.90 Å². The van der Waals surface area contributed by atoms with E-state index in [1.165, 1.54) is 6.07 Å². The smallest absolute Gasteiger partial charge is 0.337 e. The normalized spacial score (nSPS) is 9.93. The Balaban J connectivity index is 3.10. The van der Waals surface area contributed by atoms with Gasteiger partial charge in [-0.3, -0.25) is 0 Å². The summed E-state index contributed by atoms with van der Waals surface area (Å²) >= 11 is 0. The lowest BCUT2D eigenvalue weighted by Crippen LogP contribution is -1.99. The maximum Gasteiger partial charge on any atom is 0.337 e. The second kappa shape index (κ2) is 5.24. The molecule has 0 bridgehead atoms. The molecule has 4 heteroatoms. The highest BCUT2D eigenvalue weighted by atomic mass is 16.4. The summed E-state index contributed by atoms with van der Waals surface area (Å²) in [4.78, 5) is 10.9. The number of carbonyl (C=O) groups is 1. The minimum atomic E-state index is -1.03. The Morgan fingerprint density at radius 1 is 1.53 bits per heavy atom. The molecule has 0 aliphatic rings. The van der Waals surface area contributed by atoms with Crippen molar-refractivity contribution in [3.05, 3.63) is 29.3 Å². The second-order valence-corrected chi connectivity index (χ2v) is 3.33. The zero-order chi connectivity index (χ0) is 11.3. The van der Waals surface area contributed by atoms with Crippen molar-refractivity contribution >= 4 is 11.7 Å². The highest BCUT2D eigenvalue weighted by Crippen LogP contribution is 2.25. The maximum absolute atomic E-state index is 10.9. The molecule has 0 amide bonds. The van der Waals surface area contributed by atoms with Crippen LogP contribution < -0.4 is 0 Å². The number of unbranched alkanes of at least 4 members (excludes halogenated alkanes) is 1. The van der Waals surface area contributed by atoms with E-state index in [9.17, 15) is 4.79 Å². The van der Waals surface area contributed by atoms with Crippen LogP contribution >= 0.6 is 0 Å². The van der Waals surface area contributed by atoms with Crippen LogP contribution in [0.25, 0.3) is 0 Å². The van der Waals surface area contributed by atoms with Crippen molar-refractivity contribution in [3.63, 3.8) is 0 Å². The zero-order valence-electron chi connectivity index (χ0n) is 8.66. The predicted molar refractivity (Wildman–Crippen MR) is 56.8 cm³/mol. The number of nitrogens with zero attached hydrogens (tertiary/aromatic N) is 1. The van der Waals surface area contributed by atoms with Crippen LogP contribution in [0.3, 0.4) is 0 Å². The Morgan fingerprint density at radius 2 is 2.27 bits per heavy atom. The molecule has 0 unspecified atom stereocenters. The van der Waals surface area contributed by atoms with Gasteiger partial charge < -0.3 is 5.11 Å². The van der Waals surface area contributed by atoms with Crippen LogP contribution in [0, 0.1) is 5.53 Å². The maximum atomic E-state index is 10.9. The van der Waals surface area contributed by atoms with Gasteiger partial charge in [0.05, 0.1) is 5.56 Å². The summed E-state index contributed by atoms with van der Waals surface area (Å²) in [5.41, 5.74) is 8.26. The molecule has 0 spiro atoms. The van der Waals surface area contributed by atoms with Gasteiger partial charge >= 0.3 is 5.97 Å². The van der Waals surface area contributed by atoms with E-state index in [1.54, 1.807) is 6.07 Å². The second-order valence-electron chi connectivity index (χ2n) is 3.33. The molecular weight excluding hydrogens is 192 g/mol. The summed E-state index contributed by atoms with van der Waals surface area (Å²) in [5.74, 6) is -1.03. The Hall–Kier alpha value is -1.71. The molecular formula is C11H14N2O2. The number of benzene rings is 1. The third-order valence-electron chi connectivity index (χ3n) is 2.26. The molecule has 0 saturated heterocycles. The van der Waals surface area contributed by atoms with Crippen molar-refractivity contribution in [1.29, 1.82) is 5.53 Å². The summed E-state index contributed by atoms with van der Waals surface area (Å²) in [6.07, 6.45) is 2.79. The van der Waals surface area contributed by atoms with Gasteiger partial charge in [-0.2, -0.15) is 5.11 Å². The van der Waals surface area contributed by atoms with E-state index in [1.807, 2.05) is 6.07 Å². The molecule has 0 aromatic heterocycles. The first kappa shape index (κ1) is 11.4. The summed E-state index contributed by atoms with van der Waals surface area (Å²) < 4.78 is 0. The van der Waals surface area contributed by atoms with Crippen LogP contribution in [0.1, 0.15) is 35.7 Å². The average Bonchev–Trinajstić information content (AvgIpc) is 2.25. The van der Waals surface area contributed by atoms with Crippen LogP contribution in [0.15, 0.2) is 23.3 Å². The third kappa shape index (κ3) is 2.62. The number of nitrogens with one attached hydrogen (secondary N) is 1. The number of aromatic carboxylic acids is 1. The fourth-order valence-electron chi connectivity index (χ4n) is 1.46. The molecule has 1 aromatic rings. The van der Waals surface area contributed by atoms with Gasteiger partial charge in [0, 0.05) is 0 Å². The van der Waals surface area contributed by atoms with Crippen molar-refractivity contribution in [2.24, 2.45) is 5.11 Å². The highest BCUT2D eigenvalue weighted by Gasteiger charge is 2.12. The van der Waals surface area contributed by atoms with E-state index in [0.717, 1.165) is 24.8 Å². The molecule has 15 heavy (non-hydrogen) atoms. The van der Waals surface area contributed by atoms with Crippen LogP contribution in [0.5, 0.6) is 0 Å². The van der Waals surface area contributed by atoms with Crippen molar-refractivity contribution in [3.8, 4) is 0 Å². The molecule has 2 N–H and O–H groups in total. The standard InChI is InChI=1S/C11H14N2O2/c1-2-3-5-8-6-4-7-9(11(14)15)10(8)13-12/h4,6-7,12H,2-3,5H2,1H3,(H,14,15). The van der Waals surface area contributed by atoms with E-state index in [4.69, 9.17) is 10.6 Å². The molecule has 0 saturated carbocycles. The minimum Gasteiger partial charge on any atom is -0.478 e. The summed E-state index contributed by atoms with van der Waals surface area (Å²) in [5, 5.41) is 12.2. The monoisotopic (exact) mass is 206 g/mol. The predicted octanol–water partition coefficient (Wildman–Crippen LogP) is 3.39. The number of carboxylic acids is 1. The molecule has 1 rings (SSSR count). The van der Waals surface area contributed by atoms with Gasteiger partial charge in [-0.25, -0.2) is 10.3 Å². The lowest BCUT2D eigenvalue weighted by molar-refractivity contribution is 0.0697. The fraction of sp³-hybridized carbons (Fsp3) is 0.364. The van der Waals surface area contributed by atoms with Gasteiger partial charge in [-0.15, -0.1) is 0 Å². The molecule has 0 atom stereocenters. The minimum absolute atomic E-state index is 0.110. The number of hydrogen-bond donors (Lipinski definition) is 2. The van der Waals surface area contributed by atoms with Crippen molar-refractivity contribution in [2.75, 3.05) is 0 Å². The quantitative estimate of drug-likeness (QED) is 0.724. The first-order chi connectivity index (χ1) is 7.20. The molecule has 0 heterocycles. The molecule has 0 fully saturated rings. The largest absolute Gasteiger partial charge is 0.478 e. The average molecular weight is 206 g/mol. The lowest BCUT2D eigenvalue weighted by Gasteiger charge is -2.06. The van der Waals surface area contributed by atoms with Crippen molar-refractivity contribution in [2.45, 2.75) is 26.2 Å². The number of carboxylic acid groups (broad SMARTS) is 1. The SMILES string of the molecule is CCCCc1cccc(C(=O)O)c1N=N. The van der Waals surface area contributed by atoms with Gasteiger partial charge in [-0.1, -0.05) is 25.5 Å². The van der Waals surface area contributed by atoms with E-state index in [-0.39, 0.29) is 5.56 Å². The molecule has 4 nitrogen and oxygen atoms in total. The number of para-hydroxylation sites is 1. The van der Waals surface area contributed by atoms with E-state index >= 15 is 0 Å². The van der Waals surface area contributed by atoms with Gasteiger partial charge in [0.25, 0.3) is 0 Å². The Bertz CT molecular complexity index is 375. The molecule has 1 aromatic carbocycles. The zero-order valence-corrected chi connectivity index (χ0v) is 8.66. The van der Waals surface area contributed by atoms with Gasteiger partial charge in [0.15, 0.2) is 0 Å². The number of aryl methyl sites for hydroxylation is 1. The van der Waals surface area contributed by atoms with Gasteiger partial charge in [0.2, 0.25) is 0 Å². The molecule has 80 valence electrons. The van der Waals surface area contributed by atoms with E-state index < -0.39 is 5.97 Å². The summed E-state index contributed by atoms with van der Waals surface area (Å²) in [6.45, 7) is 2.07. The first-order valence-electron chi connectivity index (χ1n) is 4.93. The lowest BCUT2D eigenvalue weighted by atomic mass is 10.0. The summed E-state index contributed by atoms with van der Waals surface area (Å²) in [6, 6.07) is 5.00. The molecule has 0 aliphatic carbocycles. The molecule has 0 radical (unpaired) electrons. The van der Waals surface area contributed by atoms with Crippen LogP contribution in [-0.4, -0.2) is 11.1 Å². The summed E-state index contributed by atoms with van der Waals surface area (Å²) in [7, 11) is 0. The highest BCUT2D eigenvalue weighted by molar-refractivity contribution is 5.94. The number of hydrogen-bond acceptors (Lipinski definition) is 3. The Labute approximate surface area is 88.4 Å². The first-order valence-corrected chi connectivity index (χ1v) is 4.93. The Kier molecular flexibility index (Phi) is 3.97. The van der Waals surface area contributed by atoms with Crippen LogP contribution in [-0.2, 0) is 6.42 Å². The van der Waals surface area contributed by atoms with E-state index in [0.29, 0.717) is 5.69 Å². The van der Waals surface area contributed by atoms with Crippen molar-refractivity contribution in [1.82, 2.24) is 0 Å². The number of rotatable bonds is 5. The Morgan fingerprint density at radius 3 is 2.80 bits per heavy atom.